The molecule has 9 atom stereocenters. The molecule has 6 heteroatoms. The summed E-state index contributed by atoms with van der Waals surface area (Å²) in [5.41, 5.74) is 0.866. The number of carbonyl (C=O) groups is 2. The molecule has 0 radical (unpaired) electrons. The lowest BCUT2D eigenvalue weighted by molar-refractivity contribution is -0.150. The third-order valence-corrected chi connectivity index (χ3v) is 13.4. The predicted octanol–water partition coefficient (Wildman–Crippen LogP) is 7.52. The van der Waals surface area contributed by atoms with Crippen LogP contribution in [0.5, 0.6) is 0 Å². The van der Waals surface area contributed by atoms with E-state index < -0.39 is 25.2 Å². The quantitative estimate of drug-likeness (QED) is 0.155. The van der Waals surface area contributed by atoms with Crippen molar-refractivity contribution >= 4 is 11.9 Å². The molecule has 0 amide bonds. The Hall–Kier alpha value is -1.66. The molecule has 6 nitrogen and oxygen atoms in total. The summed E-state index contributed by atoms with van der Waals surface area (Å²) < 4.78 is 11.1. The topological polar surface area (TPSA) is 93.1 Å². The lowest BCUT2D eigenvalue weighted by Gasteiger charge is -2.61. The molecule has 0 aromatic heterocycles. The number of aliphatic hydroxyl groups is 2. The summed E-state index contributed by atoms with van der Waals surface area (Å²) in [4.78, 5) is 24.6. The van der Waals surface area contributed by atoms with Gasteiger partial charge < -0.3 is 19.7 Å². The Morgan fingerprint density at radius 3 is 1.98 bits per heavy atom. The number of carbonyl (C=O) groups excluding carboxylic acids is 2. The highest BCUT2D eigenvalue weighted by molar-refractivity contribution is 5.88. The zero-order valence-corrected chi connectivity index (χ0v) is 28.5. The summed E-state index contributed by atoms with van der Waals surface area (Å²) in [7, 11) is 0. The fraction of sp³-hybridized carbons (Fsp3) is 0.842. The molecule has 4 fully saturated rings. The van der Waals surface area contributed by atoms with Gasteiger partial charge in [-0.2, -0.15) is 0 Å². The van der Waals surface area contributed by atoms with Crippen molar-refractivity contribution in [3.05, 3.63) is 24.3 Å². The maximum atomic E-state index is 12.3. The number of aliphatic hydroxyl groups excluding tert-OH is 2. The third kappa shape index (κ3) is 7.32. The summed E-state index contributed by atoms with van der Waals surface area (Å²) >= 11 is 0. The van der Waals surface area contributed by atoms with E-state index in [1.54, 1.807) is 0 Å². The van der Waals surface area contributed by atoms with E-state index in [0.717, 1.165) is 54.8 Å². The fourth-order valence-corrected chi connectivity index (χ4v) is 10.8. The number of ether oxygens (including phenoxy) is 2. The Morgan fingerprint density at radius 2 is 1.39 bits per heavy atom. The minimum absolute atomic E-state index is 0.0207. The molecule has 0 aliphatic heterocycles. The second kappa shape index (κ2) is 14.8. The molecule has 2 N–H and O–H groups in total. The van der Waals surface area contributed by atoms with Crippen molar-refractivity contribution in [3.63, 3.8) is 0 Å². The lowest BCUT2D eigenvalue weighted by atomic mass is 9.43. The molecular weight excluding hydrogens is 552 g/mol. The van der Waals surface area contributed by atoms with Crippen molar-refractivity contribution in [2.24, 2.45) is 64.1 Å². The van der Waals surface area contributed by atoms with Crippen LogP contribution in [0.25, 0.3) is 0 Å². The normalized spacial score (nSPS) is 35.4. The van der Waals surface area contributed by atoms with Crippen LogP contribution in [0.15, 0.2) is 24.3 Å². The van der Waals surface area contributed by atoms with Crippen LogP contribution in [0.2, 0.25) is 0 Å². The average molecular weight is 615 g/mol. The Labute approximate surface area is 267 Å². The molecular formula is C38H62O6. The number of fused-ring (bicyclic) bond motifs is 5. The molecule has 0 aromatic rings. The molecule has 4 aliphatic carbocycles. The van der Waals surface area contributed by atoms with Crippen LogP contribution in [0.3, 0.4) is 0 Å². The summed E-state index contributed by atoms with van der Waals surface area (Å²) in [6.45, 7) is 19.0. The molecule has 0 aromatic carbocycles. The van der Waals surface area contributed by atoms with Crippen molar-refractivity contribution in [2.75, 3.05) is 26.4 Å². The standard InChI is InChI=1S/C38H62O6/c1-24(2)9-8-10-25(3)32-13-14-33-31-12-11-30-19-28(15-17-37(30,6)34(31)16-18-38(32,33)7)29(22-43-35(41)26(4)20-39)23-44-36(42)27(5)21-40/h24-25,28-34,39-40H,4-5,8-23H2,1-3,6-7H3/t25-,28?,30+,31+,32?,33+,34+,37+,38-/m1/s1. The molecule has 0 heterocycles. The minimum atomic E-state index is -0.612. The van der Waals surface area contributed by atoms with Crippen molar-refractivity contribution in [1.29, 1.82) is 0 Å². The molecule has 0 spiro atoms. The van der Waals surface area contributed by atoms with Crippen LogP contribution in [0.1, 0.15) is 112 Å². The first-order chi connectivity index (χ1) is 20.8. The molecule has 0 saturated heterocycles. The van der Waals surface area contributed by atoms with Crippen LogP contribution in [-0.2, 0) is 19.1 Å². The third-order valence-electron chi connectivity index (χ3n) is 13.4. The minimum Gasteiger partial charge on any atom is -0.462 e. The van der Waals surface area contributed by atoms with Gasteiger partial charge in [0.05, 0.1) is 37.6 Å². The Morgan fingerprint density at radius 1 is 0.795 bits per heavy atom. The Bertz CT molecular complexity index is 1000. The molecule has 44 heavy (non-hydrogen) atoms. The maximum Gasteiger partial charge on any atom is 0.335 e. The van der Waals surface area contributed by atoms with E-state index in [0.29, 0.717) is 16.7 Å². The smallest absolute Gasteiger partial charge is 0.335 e. The Kier molecular flexibility index (Phi) is 11.9. The van der Waals surface area contributed by atoms with E-state index in [2.05, 4.69) is 47.8 Å². The fourth-order valence-electron chi connectivity index (χ4n) is 10.8. The average Bonchev–Trinajstić information content (AvgIpc) is 3.36. The summed E-state index contributed by atoms with van der Waals surface area (Å²) in [5, 5.41) is 18.6. The van der Waals surface area contributed by atoms with Gasteiger partial charge >= 0.3 is 11.9 Å². The maximum absolute atomic E-state index is 12.3. The second-order valence-corrected chi connectivity index (χ2v) is 16.2. The number of rotatable bonds is 14. The predicted molar refractivity (Wildman–Crippen MR) is 174 cm³/mol. The Balaban J connectivity index is 1.42. The van der Waals surface area contributed by atoms with Gasteiger partial charge in [-0.3, -0.25) is 0 Å². The first kappa shape index (κ1) is 35.2. The van der Waals surface area contributed by atoms with Crippen LogP contribution < -0.4 is 0 Å². The van der Waals surface area contributed by atoms with Crippen LogP contribution in [0.4, 0.5) is 0 Å². The number of hydrogen-bond acceptors (Lipinski definition) is 6. The highest BCUT2D eigenvalue weighted by Crippen LogP contribution is 2.69. The van der Waals surface area contributed by atoms with Gasteiger partial charge in [-0.05, 0) is 116 Å². The van der Waals surface area contributed by atoms with Gasteiger partial charge in [0.2, 0.25) is 0 Å². The zero-order valence-electron chi connectivity index (χ0n) is 28.5. The van der Waals surface area contributed by atoms with E-state index in [9.17, 15) is 19.8 Å². The van der Waals surface area contributed by atoms with Gasteiger partial charge in [0.25, 0.3) is 0 Å². The van der Waals surface area contributed by atoms with Gasteiger partial charge in [0.1, 0.15) is 0 Å². The molecule has 4 aliphatic rings. The van der Waals surface area contributed by atoms with Gasteiger partial charge in [0.15, 0.2) is 0 Å². The first-order valence-electron chi connectivity index (χ1n) is 17.8. The van der Waals surface area contributed by atoms with Gasteiger partial charge in [0, 0.05) is 5.92 Å². The number of esters is 2. The summed E-state index contributed by atoms with van der Waals surface area (Å²) in [6.07, 6.45) is 15.5. The van der Waals surface area contributed by atoms with E-state index in [4.69, 9.17) is 9.47 Å². The second-order valence-electron chi connectivity index (χ2n) is 16.2. The van der Waals surface area contributed by atoms with Crippen molar-refractivity contribution < 1.29 is 29.3 Å². The largest absolute Gasteiger partial charge is 0.462 e. The van der Waals surface area contributed by atoms with E-state index in [1.807, 2.05) is 0 Å². The molecule has 4 rings (SSSR count). The summed E-state index contributed by atoms with van der Waals surface area (Å²) in [5.74, 6) is 4.50. The van der Waals surface area contributed by atoms with Crippen LogP contribution in [0, 0.1) is 64.1 Å². The van der Waals surface area contributed by atoms with Gasteiger partial charge in [-0.1, -0.05) is 67.0 Å². The lowest BCUT2D eigenvalue weighted by Crippen LogP contribution is -2.54. The monoisotopic (exact) mass is 614 g/mol. The van der Waals surface area contributed by atoms with E-state index in [-0.39, 0.29) is 36.2 Å². The van der Waals surface area contributed by atoms with Crippen LogP contribution in [-0.4, -0.2) is 48.6 Å². The molecule has 4 saturated carbocycles. The molecule has 0 bridgehead atoms. The van der Waals surface area contributed by atoms with E-state index >= 15 is 0 Å². The van der Waals surface area contributed by atoms with E-state index in [1.165, 1.54) is 57.8 Å². The summed E-state index contributed by atoms with van der Waals surface area (Å²) in [6, 6.07) is 0. The zero-order chi connectivity index (χ0) is 32.2. The van der Waals surface area contributed by atoms with Crippen LogP contribution >= 0.6 is 0 Å². The highest BCUT2D eigenvalue weighted by Gasteiger charge is 2.60. The van der Waals surface area contributed by atoms with Gasteiger partial charge in [-0.25, -0.2) is 9.59 Å². The number of hydrogen-bond donors (Lipinski definition) is 2. The van der Waals surface area contributed by atoms with Crippen molar-refractivity contribution in [3.8, 4) is 0 Å². The van der Waals surface area contributed by atoms with Crippen molar-refractivity contribution in [1.82, 2.24) is 0 Å². The molecule has 250 valence electrons. The SMILES string of the molecule is C=C(CO)C(=O)OCC(COC(=O)C(=C)CO)C1CC[C@@]2(C)[C@@H](CC[C@@H]3[C@@H]2CC[C@]2(C)C([C@H](C)CCCC(C)C)CC[C@@H]32)C1. The van der Waals surface area contributed by atoms with Gasteiger partial charge in [-0.15, -0.1) is 0 Å². The van der Waals surface area contributed by atoms with Crippen molar-refractivity contribution in [2.45, 2.75) is 112 Å². The molecule has 2 unspecified atom stereocenters. The first-order valence-corrected chi connectivity index (χ1v) is 17.8. The highest BCUT2D eigenvalue weighted by atomic mass is 16.5.